The third-order valence-electron chi connectivity index (χ3n) is 2.60. The minimum atomic E-state index is -4.15. The van der Waals surface area contributed by atoms with Crippen LogP contribution >= 0.6 is 33.9 Å². The first-order valence-corrected chi connectivity index (χ1v) is 9.92. The van der Waals surface area contributed by atoms with Gasteiger partial charge in [-0.05, 0) is 42.5 Å². The van der Waals surface area contributed by atoms with Gasteiger partial charge in [-0.3, -0.25) is 0 Å². The van der Waals surface area contributed by atoms with Crippen molar-refractivity contribution in [1.29, 1.82) is 0 Å². The lowest BCUT2D eigenvalue weighted by Crippen LogP contribution is -2.03. The second kappa shape index (κ2) is 5.78. The van der Waals surface area contributed by atoms with Gasteiger partial charge >= 0.3 is 0 Å². The van der Waals surface area contributed by atoms with Crippen molar-refractivity contribution in [2.75, 3.05) is 0 Å². The maximum atomic E-state index is 12.4. The van der Waals surface area contributed by atoms with Crippen molar-refractivity contribution in [3.63, 3.8) is 0 Å². The summed E-state index contributed by atoms with van der Waals surface area (Å²) < 4.78 is 47.6. The maximum Gasteiger partial charge on any atom is 0.262 e. The van der Waals surface area contributed by atoms with Gasteiger partial charge in [0.05, 0.1) is 14.8 Å². The summed E-state index contributed by atoms with van der Waals surface area (Å²) in [5.41, 5.74) is 0. The standard InChI is InChI=1S/C12H7Cl3O4S2/c13-8-1-3-9(4-2-8)20(16,17)10-5-6-11(14)12(7-10)21(15,18)19/h1-7H. The van der Waals surface area contributed by atoms with Gasteiger partial charge in [-0.2, -0.15) is 0 Å². The molecule has 2 rings (SSSR count). The van der Waals surface area contributed by atoms with Crippen LogP contribution in [-0.4, -0.2) is 16.8 Å². The first-order chi connectivity index (χ1) is 9.62. The van der Waals surface area contributed by atoms with Crippen LogP contribution in [0.3, 0.4) is 0 Å². The molecule has 0 heterocycles. The SMILES string of the molecule is O=S(=O)(Cl)c1cc(S(=O)(=O)c2ccc(Cl)cc2)ccc1Cl. The number of benzene rings is 2. The molecule has 2 aromatic carbocycles. The van der Waals surface area contributed by atoms with Crippen LogP contribution in [0.15, 0.2) is 57.2 Å². The monoisotopic (exact) mass is 384 g/mol. The normalized spacial score (nSPS) is 12.3. The van der Waals surface area contributed by atoms with E-state index < -0.39 is 23.8 Å². The van der Waals surface area contributed by atoms with E-state index in [2.05, 4.69) is 0 Å². The van der Waals surface area contributed by atoms with Gasteiger partial charge in [0.15, 0.2) is 0 Å². The van der Waals surface area contributed by atoms with E-state index in [1.807, 2.05) is 0 Å². The molecule has 0 atom stereocenters. The largest absolute Gasteiger partial charge is 0.262 e. The topological polar surface area (TPSA) is 68.3 Å². The maximum absolute atomic E-state index is 12.4. The van der Waals surface area contributed by atoms with Crippen molar-refractivity contribution < 1.29 is 16.8 Å². The van der Waals surface area contributed by atoms with Crippen molar-refractivity contribution in [2.24, 2.45) is 0 Å². The average Bonchev–Trinajstić information content (AvgIpc) is 2.38. The zero-order valence-electron chi connectivity index (χ0n) is 10.1. The number of rotatable bonds is 3. The zero-order valence-corrected chi connectivity index (χ0v) is 14.0. The Morgan fingerprint density at radius 2 is 1.29 bits per heavy atom. The van der Waals surface area contributed by atoms with Crippen LogP contribution in [0.4, 0.5) is 0 Å². The Hall–Kier alpha value is -0.790. The smallest absolute Gasteiger partial charge is 0.219 e. The summed E-state index contributed by atoms with van der Waals surface area (Å²) in [6.07, 6.45) is 0. The van der Waals surface area contributed by atoms with Gasteiger partial charge < -0.3 is 0 Å². The van der Waals surface area contributed by atoms with Gasteiger partial charge in [0.1, 0.15) is 4.90 Å². The van der Waals surface area contributed by atoms with E-state index in [4.69, 9.17) is 33.9 Å². The molecule has 9 heteroatoms. The number of hydrogen-bond donors (Lipinski definition) is 0. The Bertz CT molecular complexity index is 889. The third-order valence-corrected chi connectivity index (χ3v) is 6.42. The number of hydrogen-bond acceptors (Lipinski definition) is 4. The Morgan fingerprint density at radius 1 is 0.762 bits per heavy atom. The molecule has 0 aromatic heterocycles. The second-order valence-electron chi connectivity index (χ2n) is 3.99. The molecule has 0 aliphatic rings. The Balaban J connectivity index is 2.64. The van der Waals surface area contributed by atoms with Gasteiger partial charge in [0.2, 0.25) is 9.84 Å². The minimum Gasteiger partial charge on any atom is -0.219 e. The van der Waals surface area contributed by atoms with Gasteiger partial charge in [0, 0.05) is 15.7 Å². The van der Waals surface area contributed by atoms with Crippen molar-refractivity contribution in [3.8, 4) is 0 Å². The van der Waals surface area contributed by atoms with Crippen molar-refractivity contribution in [1.82, 2.24) is 0 Å². The van der Waals surface area contributed by atoms with Crippen LogP contribution < -0.4 is 0 Å². The molecule has 0 aliphatic carbocycles. The van der Waals surface area contributed by atoms with Crippen LogP contribution in [-0.2, 0) is 18.9 Å². The van der Waals surface area contributed by atoms with E-state index in [-0.39, 0.29) is 14.8 Å². The molecule has 0 saturated carbocycles. The van der Waals surface area contributed by atoms with Crippen molar-refractivity contribution in [2.45, 2.75) is 14.7 Å². The molecule has 0 fully saturated rings. The van der Waals surface area contributed by atoms with Crippen LogP contribution in [0.25, 0.3) is 0 Å². The van der Waals surface area contributed by atoms with Gasteiger partial charge in [-0.25, -0.2) is 16.8 Å². The fraction of sp³-hybridized carbons (Fsp3) is 0. The number of halogens is 3. The van der Waals surface area contributed by atoms with E-state index >= 15 is 0 Å². The highest BCUT2D eigenvalue weighted by Crippen LogP contribution is 2.30. The molecule has 0 spiro atoms. The highest BCUT2D eigenvalue weighted by molar-refractivity contribution is 8.13. The van der Waals surface area contributed by atoms with Gasteiger partial charge in [-0.1, -0.05) is 23.2 Å². The van der Waals surface area contributed by atoms with Crippen LogP contribution in [0.2, 0.25) is 10.0 Å². The van der Waals surface area contributed by atoms with E-state index in [1.165, 1.54) is 36.4 Å². The van der Waals surface area contributed by atoms with Crippen LogP contribution in [0, 0.1) is 0 Å². The predicted molar refractivity (Wildman–Crippen MR) is 81.4 cm³/mol. The molecule has 112 valence electrons. The van der Waals surface area contributed by atoms with Crippen molar-refractivity contribution in [3.05, 3.63) is 52.5 Å². The summed E-state index contributed by atoms with van der Waals surface area (Å²) in [6, 6.07) is 8.78. The zero-order chi connectivity index (χ0) is 15.8. The van der Waals surface area contributed by atoms with E-state index in [1.54, 1.807) is 0 Å². The van der Waals surface area contributed by atoms with Crippen LogP contribution in [0.5, 0.6) is 0 Å². The first kappa shape index (κ1) is 16.6. The van der Waals surface area contributed by atoms with Gasteiger partial charge in [0.25, 0.3) is 9.05 Å². The molecule has 2 aromatic rings. The third kappa shape index (κ3) is 3.52. The molecule has 0 saturated heterocycles. The fourth-order valence-electron chi connectivity index (χ4n) is 1.59. The van der Waals surface area contributed by atoms with E-state index in [0.29, 0.717) is 5.02 Å². The summed E-state index contributed by atoms with van der Waals surface area (Å²) >= 11 is 11.4. The lowest BCUT2D eigenvalue weighted by Gasteiger charge is -2.07. The highest BCUT2D eigenvalue weighted by atomic mass is 35.7. The Kier molecular flexibility index (Phi) is 4.56. The Labute approximate surface area is 136 Å². The quantitative estimate of drug-likeness (QED) is 0.755. The summed E-state index contributed by atoms with van der Waals surface area (Å²) in [6.45, 7) is 0. The molecular weight excluding hydrogens is 379 g/mol. The summed E-state index contributed by atoms with van der Waals surface area (Å²) in [7, 11) is -2.82. The lowest BCUT2D eigenvalue weighted by atomic mass is 10.4. The minimum absolute atomic E-state index is 0.0212. The average molecular weight is 386 g/mol. The fourth-order valence-corrected chi connectivity index (χ4v) is 4.57. The molecule has 0 N–H and O–H groups in total. The molecule has 4 nitrogen and oxygen atoms in total. The molecule has 21 heavy (non-hydrogen) atoms. The van der Waals surface area contributed by atoms with E-state index in [0.717, 1.165) is 6.07 Å². The summed E-state index contributed by atoms with van der Waals surface area (Å²) in [4.78, 5) is -0.707. The predicted octanol–water partition coefficient (Wildman–Crippen LogP) is 3.75. The summed E-state index contributed by atoms with van der Waals surface area (Å²) in [5, 5.41) is 0.231. The second-order valence-corrected chi connectivity index (χ2v) is 9.32. The highest BCUT2D eigenvalue weighted by Gasteiger charge is 2.22. The molecule has 0 unspecified atom stereocenters. The Morgan fingerprint density at radius 3 is 1.81 bits per heavy atom. The molecule has 0 radical (unpaired) electrons. The molecule has 0 bridgehead atoms. The number of sulfone groups is 1. The molecule has 0 aliphatic heterocycles. The van der Waals surface area contributed by atoms with Gasteiger partial charge in [-0.15, -0.1) is 0 Å². The van der Waals surface area contributed by atoms with Crippen molar-refractivity contribution >= 4 is 52.8 Å². The molecular formula is C12H7Cl3O4S2. The first-order valence-electron chi connectivity index (χ1n) is 5.37. The lowest BCUT2D eigenvalue weighted by molar-refractivity contribution is 0.595. The van der Waals surface area contributed by atoms with E-state index in [9.17, 15) is 16.8 Å². The van der Waals surface area contributed by atoms with Crippen LogP contribution in [0.1, 0.15) is 0 Å². The summed E-state index contributed by atoms with van der Waals surface area (Å²) in [5.74, 6) is 0. The molecule has 0 amide bonds.